The molecule has 0 radical (unpaired) electrons. The third kappa shape index (κ3) is 6.84. The molecular formula is C32H46F2N6O4SSi. The predicted molar refractivity (Wildman–Crippen MR) is 176 cm³/mol. The highest BCUT2D eigenvalue weighted by atomic mass is 32.2. The average Bonchev–Trinajstić information content (AvgIpc) is 3.31. The number of nitrogens with zero attached hydrogens (tertiary/aromatic N) is 5. The molecule has 2 saturated carbocycles. The monoisotopic (exact) mass is 676 g/mol. The maximum Gasteiger partial charge on any atom is 0.192 e. The Morgan fingerprint density at radius 2 is 1.85 bits per heavy atom. The zero-order chi connectivity index (χ0) is 33.0. The van der Waals surface area contributed by atoms with Crippen LogP contribution in [0.4, 0.5) is 14.6 Å². The Hall–Kier alpha value is -2.23. The maximum atomic E-state index is 13.9. The number of hydrogen-bond donors (Lipinski definition) is 1. The summed E-state index contributed by atoms with van der Waals surface area (Å²) >= 11 is 1.58. The second kappa shape index (κ2) is 12.7. The predicted octanol–water partition coefficient (Wildman–Crippen LogP) is 6.84. The van der Waals surface area contributed by atoms with Crippen molar-refractivity contribution in [1.29, 1.82) is 0 Å². The Labute approximate surface area is 274 Å². The third-order valence-electron chi connectivity index (χ3n) is 9.60. The van der Waals surface area contributed by atoms with Crippen LogP contribution in [0.1, 0.15) is 78.3 Å². The van der Waals surface area contributed by atoms with Gasteiger partial charge < -0.3 is 24.0 Å². The average molecular weight is 677 g/mol. The summed E-state index contributed by atoms with van der Waals surface area (Å²) in [6.07, 6.45) is 1.57. The van der Waals surface area contributed by atoms with Gasteiger partial charge in [-0.1, -0.05) is 50.7 Å². The summed E-state index contributed by atoms with van der Waals surface area (Å²) in [7, 11) is -1.89. The molecule has 2 aromatic heterocycles. The molecule has 0 bridgehead atoms. The number of fused-ring (bicyclic) bond motifs is 2. The molecule has 3 fully saturated rings. The molecule has 0 spiro atoms. The number of ether oxygens (including phenoxy) is 3. The largest absolute Gasteiger partial charge is 0.414 e. The van der Waals surface area contributed by atoms with Crippen molar-refractivity contribution >= 4 is 37.1 Å². The van der Waals surface area contributed by atoms with Crippen LogP contribution in [0, 0.1) is 11.6 Å². The van der Waals surface area contributed by atoms with Gasteiger partial charge in [0.05, 0.1) is 25.4 Å². The van der Waals surface area contributed by atoms with Crippen molar-refractivity contribution in [2.45, 2.75) is 126 Å². The maximum absolute atomic E-state index is 13.9. The van der Waals surface area contributed by atoms with Crippen molar-refractivity contribution in [3.63, 3.8) is 0 Å². The second-order valence-electron chi connectivity index (χ2n) is 14.6. The first kappa shape index (κ1) is 33.7. The van der Waals surface area contributed by atoms with E-state index in [9.17, 15) is 8.78 Å². The van der Waals surface area contributed by atoms with Gasteiger partial charge in [0.1, 0.15) is 12.2 Å². The van der Waals surface area contributed by atoms with Crippen molar-refractivity contribution < 1.29 is 27.4 Å². The lowest BCUT2D eigenvalue weighted by molar-refractivity contribution is -0.170. The molecule has 1 saturated heterocycles. The van der Waals surface area contributed by atoms with Gasteiger partial charge in [-0.25, -0.2) is 23.4 Å². The Balaban J connectivity index is 1.23. The molecule has 10 nitrogen and oxygen atoms in total. The SMILES string of the molecule is CCCSc1nc(NC2CC2c2ccc(F)c(F)c2)c2nnn(C3CC(OCCO[Si](C)(C)C(C)(C)C)C4OC(C)(C)OC43)c2n1. The van der Waals surface area contributed by atoms with E-state index in [1.165, 1.54) is 12.1 Å². The van der Waals surface area contributed by atoms with Crippen LogP contribution in [-0.4, -0.2) is 82.4 Å². The van der Waals surface area contributed by atoms with E-state index in [2.05, 4.69) is 56.4 Å². The molecule has 3 aliphatic rings. The summed E-state index contributed by atoms with van der Waals surface area (Å²) in [4.78, 5) is 9.72. The highest BCUT2D eigenvalue weighted by Gasteiger charge is 2.56. The Morgan fingerprint density at radius 1 is 1.09 bits per heavy atom. The molecule has 1 aromatic carbocycles. The van der Waals surface area contributed by atoms with E-state index >= 15 is 0 Å². The summed E-state index contributed by atoms with van der Waals surface area (Å²) in [6.45, 7) is 18.1. The summed E-state index contributed by atoms with van der Waals surface area (Å²) in [6, 6.07) is 3.88. The molecule has 6 rings (SSSR count). The molecule has 3 heterocycles. The number of anilines is 1. The summed E-state index contributed by atoms with van der Waals surface area (Å²) in [5, 5.41) is 13.4. The molecule has 1 N–H and O–H groups in total. The number of nitrogens with one attached hydrogen (secondary N) is 1. The van der Waals surface area contributed by atoms with Gasteiger partial charge in [-0.3, -0.25) is 0 Å². The van der Waals surface area contributed by atoms with E-state index in [-0.39, 0.29) is 41.4 Å². The van der Waals surface area contributed by atoms with E-state index in [4.69, 9.17) is 28.6 Å². The van der Waals surface area contributed by atoms with Gasteiger partial charge >= 0.3 is 0 Å². The van der Waals surface area contributed by atoms with Crippen LogP contribution in [0.5, 0.6) is 0 Å². The molecule has 252 valence electrons. The Morgan fingerprint density at radius 3 is 2.57 bits per heavy atom. The number of rotatable bonds is 12. The van der Waals surface area contributed by atoms with E-state index in [1.807, 2.05) is 18.5 Å². The first-order valence-corrected chi connectivity index (χ1v) is 20.2. The van der Waals surface area contributed by atoms with Crippen molar-refractivity contribution in [1.82, 2.24) is 25.0 Å². The summed E-state index contributed by atoms with van der Waals surface area (Å²) in [5.74, 6) is -0.966. The van der Waals surface area contributed by atoms with Crippen LogP contribution in [0.25, 0.3) is 11.2 Å². The normalized spacial score (nSPS) is 27.3. The molecule has 14 heteroatoms. The van der Waals surface area contributed by atoms with Crippen LogP contribution in [-0.2, 0) is 18.6 Å². The van der Waals surface area contributed by atoms with E-state index in [0.29, 0.717) is 41.8 Å². The van der Waals surface area contributed by atoms with Gasteiger partial charge in [-0.05, 0) is 62.5 Å². The zero-order valence-corrected chi connectivity index (χ0v) is 29.8. The van der Waals surface area contributed by atoms with E-state index in [1.54, 1.807) is 17.8 Å². The summed E-state index contributed by atoms with van der Waals surface area (Å²) in [5.41, 5.74) is 1.92. The minimum Gasteiger partial charge on any atom is -0.414 e. The number of thioether (sulfide) groups is 1. The molecule has 2 aliphatic carbocycles. The van der Waals surface area contributed by atoms with Gasteiger partial charge in [-0.15, -0.1) is 5.10 Å². The lowest BCUT2D eigenvalue weighted by Gasteiger charge is -2.36. The first-order valence-electron chi connectivity index (χ1n) is 16.3. The fourth-order valence-corrected chi connectivity index (χ4v) is 7.78. The smallest absolute Gasteiger partial charge is 0.192 e. The fraction of sp³-hybridized carbons (Fsp3) is 0.688. The van der Waals surface area contributed by atoms with Crippen LogP contribution in [0.3, 0.4) is 0 Å². The van der Waals surface area contributed by atoms with Crippen molar-refractivity contribution in [3.8, 4) is 0 Å². The molecule has 46 heavy (non-hydrogen) atoms. The van der Waals surface area contributed by atoms with Crippen molar-refractivity contribution in [2.75, 3.05) is 24.3 Å². The van der Waals surface area contributed by atoms with Gasteiger partial charge in [-0.2, -0.15) is 0 Å². The van der Waals surface area contributed by atoms with Crippen LogP contribution < -0.4 is 5.32 Å². The zero-order valence-electron chi connectivity index (χ0n) is 28.0. The van der Waals surface area contributed by atoms with Gasteiger partial charge in [0, 0.05) is 24.1 Å². The molecule has 6 atom stereocenters. The Bertz CT molecular complexity index is 1570. The lowest BCUT2D eigenvalue weighted by Crippen LogP contribution is -2.42. The molecule has 1 aliphatic heterocycles. The van der Waals surface area contributed by atoms with Crippen LogP contribution in [0.2, 0.25) is 18.1 Å². The lowest BCUT2D eigenvalue weighted by atomic mass is 10.1. The van der Waals surface area contributed by atoms with Gasteiger partial charge in [0.15, 0.2) is 47.9 Å². The number of benzene rings is 1. The van der Waals surface area contributed by atoms with Gasteiger partial charge in [0.25, 0.3) is 0 Å². The highest BCUT2D eigenvalue weighted by molar-refractivity contribution is 7.99. The van der Waals surface area contributed by atoms with Crippen LogP contribution >= 0.6 is 11.8 Å². The highest BCUT2D eigenvalue weighted by Crippen LogP contribution is 2.47. The van der Waals surface area contributed by atoms with Crippen molar-refractivity contribution in [3.05, 3.63) is 35.4 Å². The fourth-order valence-electron chi connectivity index (χ4n) is 6.06. The Kier molecular flexibility index (Phi) is 9.26. The topological polar surface area (TPSA) is 105 Å². The summed E-state index contributed by atoms with van der Waals surface area (Å²) < 4.78 is 54.9. The molecule has 0 amide bonds. The second-order valence-corrected chi connectivity index (χ2v) is 20.4. The van der Waals surface area contributed by atoms with Gasteiger partial charge in [0.2, 0.25) is 0 Å². The van der Waals surface area contributed by atoms with E-state index < -0.39 is 25.7 Å². The minimum atomic E-state index is -1.89. The van der Waals surface area contributed by atoms with Crippen LogP contribution in [0.15, 0.2) is 23.4 Å². The quantitative estimate of drug-likeness (QED) is 0.0949. The van der Waals surface area contributed by atoms with E-state index in [0.717, 1.165) is 24.2 Å². The standard InChI is InChI=1S/C32H46F2N6O4SSi/c1-9-14-45-30-36-28(35-22-16-19(22)18-10-11-20(33)21(34)15-18)25-29(37-30)40(39-38-25)23-17-24(27-26(23)43-32(5,6)44-27)41-12-13-42-46(7,8)31(2,3)4/h10-11,15,19,22-24,26-27H,9,12-14,16-17H2,1-8H3,(H,35,36,37). The number of aromatic nitrogens is 5. The number of halogens is 2. The minimum absolute atomic E-state index is 0.00619. The number of hydrogen-bond acceptors (Lipinski definition) is 10. The van der Waals surface area contributed by atoms with Crippen molar-refractivity contribution in [2.24, 2.45) is 0 Å². The molecule has 3 aromatic rings. The molecule has 6 unspecified atom stereocenters. The first-order chi connectivity index (χ1) is 21.7. The third-order valence-corrected chi connectivity index (χ3v) is 15.2. The molecular weight excluding hydrogens is 631 g/mol.